The first-order valence-electron chi connectivity index (χ1n) is 6.71. The molecule has 1 heterocycles. The van der Waals surface area contributed by atoms with Crippen molar-refractivity contribution >= 4 is 34.5 Å². The topological polar surface area (TPSA) is 92.5 Å². The van der Waals surface area contributed by atoms with Crippen molar-refractivity contribution in [3.05, 3.63) is 60.8 Å². The molecule has 1 aromatic carbocycles. The van der Waals surface area contributed by atoms with Crippen LogP contribution in [-0.2, 0) is 5.60 Å². The molecule has 1 unspecified atom stereocenters. The molecule has 1 amide bonds. The zero-order chi connectivity index (χ0) is 17.2. The summed E-state index contributed by atoms with van der Waals surface area (Å²) < 4.78 is 0. The molecular weight excluding hydrogens is 340 g/mol. The second-order valence-electron chi connectivity index (χ2n) is 5.31. The van der Waals surface area contributed by atoms with Gasteiger partial charge in [-0.25, -0.2) is 0 Å². The number of aliphatic hydroxyl groups is 1. The maximum atomic E-state index is 12.4. The molecule has 0 spiro atoms. The van der Waals surface area contributed by atoms with Gasteiger partial charge in [0.2, 0.25) is 0 Å². The van der Waals surface area contributed by atoms with Crippen LogP contribution in [0.25, 0.3) is 0 Å². The average molecular weight is 355 g/mol. The summed E-state index contributed by atoms with van der Waals surface area (Å²) in [5.74, 6) is -0.623. The number of hydrogen-bond donors (Lipinski definition) is 2. The average Bonchev–Trinajstić information content (AvgIpc) is 2.99. The highest BCUT2D eigenvalue weighted by Crippen LogP contribution is 2.28. The number of nitrogens with one attached hydrogen (secondary N) is 1. The summed E-state index contributed by atoms with van der Waals surface area (Å²) in [5.41, 5.74) is -1.26. The number of aryl methyl sites for hydroxylation is 1. The molecule has 0 aliphatic rings. The molecule has 0 saturated carbocycles. The standard InChI is InChI=1S/C15H15ClN2O4S/c1-9-6-10(16)7-11(18(21)22)13(9)14(19)17-8-15(2,20)12-4-3-5-23-12/h3-7,20H,8H2,1-2H3,(H,17,19). The van der Waals surface area contributed by atoms with Gasteiger partial charge >= 0.3 is 0 Å². The Balaban J connectivity index is 2.23. The van der Waals surface area contributed by atoms with Crippen LogP contribution >= 0.6 is 22.9 Å². The molecule has 1 atom stereocenters. The first-order valence-corrected chi connectivity index (χ1v) is 7.97. The fourth-order valence-corrected chi connectivity index (χ4v) is 3.23. The van der Waals surface area contributed by atoms with E-state index in [4.69, 9.17) is 11.6 Å². The summed E-state index contributed by atoms with van der Waals surface area (Å²) in [4.78, 5) is 23.5. The number of halogens is 1. The second kappa shape index (κ2) is 6.66. The van der Waals surface area contributed by atoms with E-state index < -0.39 is 16.4 Å². The summed E-state index contributed by atoms with van der Waals surface area (Å²) >= 11 is 7.18. The van der Waals surface area contributed by atoms with Crippen molar-refractivity contribution in [2.45, 2.75) is 19.4 Å². The highest BCUT2D eigenvalue weighted by Gasteiger charge is 2.28. The normalized spacial score (nSPS) is 13.4. The summed E-state index contributed by atoms with van der Waals surface area (Å²) in [7, 11) is 0. The fourth-order valence-electron chi connectivity index (χ4n) is 2.18. The smallest absolute Gasteiger partial charge is 0.283 e. The van der Waals surface area contributed by atoms with E-state index in [1.54, 1.807) is 26.0 Å². The van der Waals surface area contributed by atoms with E-state index in [1.165, 1.54) is 17.4 Å². The third-order valence-electron chi connectivity index (χ3n) is 3.35. The van der Waals surface area contributed by atoms with E-state index in [0.717, 1.165) is 6.07 Å². The second-order valence-corrected chi connectivity index (χ2v) is 6.69. The van der Waals surface area contributed by atoms with Crippen LogP contribution in [0.3, 0.4) is 0 Å². The van der Waals surface area contributed by atoms with Gasteiger partial charge in [0.15, 0.2) is 0 Å². The van der Waals surface area contributed by atoms with Gasteiger partial charge in [0.1, 0.15) is 11.2 Å². The van der Waals surface area contributed by atoms with E-state index in [0.29, 0.717) is 10.4 Å². The van der Waals surface area contributed by atoms with Crippen molar-refractivity contribution < 1.29 is 14.8 Å². The number of hydrogen-bond acceptors (Lipinski definition) is 5. The number of amides is 1. The minimum Gasteiger partial charge on any atom is -0.383 e. The summed E-state index contributed by atoms with van der Waals surface area (Å²) in [6.45, 7) is 3.08. The molecule has 0 radical (unpaired) electrons. The third kappa shape index (κ3) is 3.87. The van der Waals surface area contributed by atoms with Gasteiger partial charge in [-0.1, -0.05) is 17.7 Å². The molecule has 0 aliphatic carbocycles. The maximum absolute atomic E-state index is 12.4. The molecule has 8 heteroatoms. The lowest BCUT2D eigenvalue weighted by molar-refractivity contribution is -0.385. The first-order chi connectivity index (χ1) is 10.7. The SMILES string of the molecule is Cc1cc(Cl)cc([N+](=O)[O-])c1C(=O)NCC(C)(O)c1cccs1. The number of carbonyl (C=O) groups excluding carboxylic acids is 1. The molecule has 6 nitrogen and oxygen atoms in total. The minimum atomic E-state index is -1.25. The Morgan fingerprint density at radius 1 is 1.52 bits per heavy atom. The summed E-state index contributed by atoms with van der Waals surface area (Å²) in [5, 5.41) is 26.1. The van der Waals surface area contributed by atoms with Gasteiger partial charge in [-0.3, -0.25) is 14.9 Å². The van der Waals surface area contributed by atoms with Crippen molar-refractivity contribution in [3.8, 4) is 0 Å². The summed E-state index contributed by atoms with van der Waals surface area (Å²) in [6.07, 6.45) is 0. The van der Waals surface area contributed by atoms with Crippen LogP contribution in [0.15, 0.2) is 29.6 Å². The van der Waals surface area contributed by atoms with Gasteiger partial charge in [0, 0.05) is 16.0 Å². The van der Waals surface area contributed by atoms with E-state index in [9.17, 15) is 20.0 Å². The van der Waals surface area contributed by atoms with E-state index in [-0.39, 0.29) is 22.8 Å². The first kappa shape index (κ1) is 17.4. The Bertz CT molecular complexity index is 744. The quantitative estimate of drug-likeness (QED) is 0.636. The molecule has 0 aliphatic heterocycles. The lowest BCUT2D eigenvalue weighted by Gasteiger charge is -2.22. The van der Waals surface area contributed by atoms with Crippen molar-refractivity contribution in [3.63, 3.8) is 0 Å². The fraction of sp³-hybridized carbons (Fsp3) is 0.267. The van der Waals surface area contributed by atoms with Crippen LogP contribution in [0.2, 0.25) is 5.02 Å². The lowest BCUT2D eigenvalue weighted by Crippen LogP contribution is -2.38. The van der Waals surface area contributed by atoms with Gasteiger partial charge in [-0.05, 0) is 36.9 Å². The maximum Gasteiger partial charge on any atom is 0.283 e. The Morgan fingerprint density at radius 3 is 2.78 bits per heavy atom. The van der Waals surface area contributed by atoms with Gasteiger partial charge in [-0.2, -0.15) is 0 Å². The van der Waals surface area contributed by atoms with Gasteiger partial charge in [-0.15, -0.1) is 11.3 Å². The van der Waals surface area contributed by atoms with Crippen LogP contribution in [0.4, 0.5) is 5.69 Å². The number of nitrogens with zero attached hydrogens (tertiary/aromatic N) is 1. The zero-order valence-corrected chi connectivity index (χ0v) is 14.1. The van der Waals surface area contributed by atoms with Crippen LogP contribution in [-0.4, -0.2) is 22.5 Å². The Hall–Kier alpha value is -1.96. The van der Waals surface area contributed by atoms with Crippen molar-refractivity contribution in [1.82, 2.24) is 5.32 Å². The Kier molecular flexibility index (Phi) is 5.03. The molecule has 2 rings (SSSR count). The molecule has 0 saturated heterocycles. The largest absolute Gasteiger partial charge is 0.383 e. The minimum absolute atomic E-state index is 0.0543. The summed E-state index contributed by atoms with van der Waals surface area (Å²) in [6, 6.07) is 6.18. The number of rotatable bonds is 5. The molecular formula is C15H15ClN2O4S. The van der Waals surface area contributed by atoms with Crippen molar-refractivity contribution in [1.29, 1.82) is 0 Å². The monoisotopic (exact) mass is 354 g/mol. The lowest BCUT2D eigenvalue weighted by atomic mass is 10.0. The van der Waals surface area contributed by atoms with E-state index in [2.05, 4.69) is 5.32 Å². The number of benzene rings is 1. The molecule has 122 valence electrons. The number of carbonyl (C=O) groups is 1. The van der Waals surface area contributed by atoms with Gasteiger partial charge in [0.25, 0.3) is 11.6 Å². The molecule has 23 heavy (non-hydrogen) atoms. The van der Waals surface area contributed by atoms with Crippen molar-refractivity contribution in [2.24, 2.45) is 0 Å². The number of nitro groups is 1. The zero-order valence-electron chi connectivity index (χ0n) is 12.5. The van der Waals surface area contributed by atoms with Crippen LogP contribution in [0.5, 0.6) is 0 Å². The number of nitro benzene ring substituents is 1. The van der Waals surface area contributed by atoms with E-state index >= 15 is 0 Å². The van der Waals surface area contributed by atoms with Crippen LogP contribution < -0.4 is 5.32 Å². The van der Waals surface area contributed by atoms with Gasteiger partial charge in [0.05, 0.1) is 11.5 Å². The highest BCUT2D eigenvalue weighted by molar-refractivity contribution is 7.10. The van der Waals surface area contributed by atoms with Crippen LogP contribution in [0.1, 0.15) is 27.7 Å². The van der Waals surface area contributed by atoms with Crippen molar-refractivity contribution in [2.75, 3.05) is 6.54 Å². The van der Waals surface area contributed by atoms with Gasteiger partial charge < -0.3 is 10.4 Å². The van der Waals surface area contributed by atoms with Crippen LogP contribution in [0, 0.1) is 17.0 Å². The highest BCUT2D eigenvalue weighted by atomic mass is 35.5. The molecule has 2 aromatic rings. The molecule has 0 fully saturated rings. The Labute approximate surface area is 141 Å². The number of thiophene rings is 1. The predicted octanol–water partition coefficient (Wildman–Crippen LogP) is 3.26. The molecule has 0 bridgehead atoms. The molecule has 1 aromatic heterocycles. The Morgan fingerprint density at radius 2 is 2.22 bits per heavy atom. The third-order valence-corrected chi connectivity index (χ3v) is 4.69. The predicted molar refractivity (Wildman–Crippen MR) is 89.1 cm³/mol. The molecule has 2 N–H and O–H groups in total. The van der Waals surface area contributed by atoms with E-state index in [1.807, 2.05) is 5.38 Å².